The van der Waals surface area contributed by atoms with Gasteiger partial charge in [0, 0.05) is 5.69 Å². The van der Waals surface area contributed by atoms with Crippen molar-refractivity contribution in [2.24, 2.45) is 0 Å². The second kappa shape index (κ2) is 6.46. The number of alkyl halides is 3. The predicted octanol–water partition coefficient (Wildman–Crippen LogP) is 3.43. The van der Waals surface area contributed by atoms with Gasteiger partial charge in [-0.3, -0.25) is 4.79 Å². The van der Waals surface area contributed by atoms with E-state index in [2.05, 4.69) is 10.3 Å². The molecule has 1 amide bonds. The molecule has 1 aromatic heterocycles. The summed E-state index contributed by atoms with van der Waals surface area (Å²) in [6, 6.07) is 9.46. The Bertz CT molecular complexity index is 672. The van der Waals surface area contributed by atoms with E-state index in [1.807, 2.05) is 0 Å². The van der Waals surface area contributed by atoms with Gasteiger partial charge in [0.15, 0.2) is 6.61 Å². The fourth-order valence-electron chi connectivity index (χ4n) is 1.70. The van der Waals surface area contributed by atoms with Crippen molar-refractivity contribution in [3.05, 3.63) is 53.7 Å². The molecular formula is C15H13F3N2O2. The SMILES string of the molecule is Cc1cccc(NC(=O)COc2cccc(C(F)(F)F)c2)n1. The van der Waals surface area contributed by atoms with Crippen LogP contribution in [0.3, 0.4) is 0 Å². The summed E-state index contributed by atoms with van der Waals surface area (Å²) in [6.45, 7) is 1.37. The Hall–Kier alpha value is -2.57. The molecule has 0 aliphatic heterocycles. The number of aryl methyl sites for hydroxylation is 1. The van der Waals surface area contributed by atoms with Crippen LogP contribution in [0.2, 0.25) is 0 Å². The van der Waals surface area contributed by atoms with Crippen LogP contribution in [0.4, 0.5) is 19.0 Å². The van der Waals surface area contributed by atoms with E-state index >= 15 is 0 Å². The van der Waals surface area contributed by atoms with Crippen molar-refractivity contribution >= 4 is 11.7 Å². The minimum Gasteiger partial charge on any atom is -0.484 e. The molecule has 116 valence electrons. The maximum absolute atomic E-state index is 12.5. The first-order valence-corrected chi connectivity index (χ1v) is 6.38. The third kappa shape index (κ3) is 4.47. The van der Waals surface area contributed by atoms with Gasteiger partial charge in [-0.25, -0.2) is 4.98 Å². The van der Waals surface area contributed by atoms with Crippen LogP contribution in [-0.4, -0.2) is 17.5 Å². The molecule has 0 atom stereocenters. The number of carbonyl (C=O) groups excluding carboxylic acids is 1. The molecule has 2 aromatic rings. The van der Waals surface area contributed by atoms with Crippen LogP contribution >= 0.6 is 0 Å². The number of ether oxygens (including phenoxy) is 1. The molecule has 2 rings (SSSR count). The third-order valence-corrected chi connectivity index (χ3v) is 2.69. The van der Waals surface area contributed by atoms with Crippen LogP contribution in [0.15, 0.2) is 42.5 Å². The standard InChI is InChI=1S/C15H13F3N2O2/c1-10-4-2-7-13(19-10)20-14(21)9-22-12-6-3-5-11(8-12)15(16,17)18/h2-8H,9H2,1H3,(H,19,20,21). The number of amides is 1. The fraction of sp³-hybridized carbons (Fsp3) is 0.200. The number of hydrogen-bond acceptors (Lipinski definition) is 3. The highest BCUT2D eigenvalue weighted by molar-refractivity contribution is 5.90. The highest BCUT2D eigenvalue weighted by Crippen LogP contribution is 2.31. The van der Waals surface area contributed by atoms with Crippen LogP contribution in [0, 0.1) is 6.92 Å². The van der Waals surface area contributed by atoms with Gasteiger partial charge in [-0.2, -0.15) is 13.2 Å². The smallest absolute Gasteiger partial charge is 0.416 e. The number of hydrogen-bond donors (Lipinski definition) is 1. The van der Waals surface area contributed by atoms with E-state index < -0.39 is 24.3 Å². The molecule has 0 unspecified atom stereocenters. The highest BCUT2D eigenvalue weighted by atomic mass is 19.4. The third-order valence-electron chi connectivity index (χ3n) is 2.69. The predicted molar refractivity (Wildman–Crippen MR) is 74.5 cm³/mol. The summed E-state index contributed by atoms with van der Waals surface area (Å²) in [5.41, 5.74) is -0.0950. The number of pyridine rings is 1. The number of aromatic nitrogens is 1. The minimum atomic E-state index is -4.45. The van der Waals surface area contributed by atoms with Crippen LogP contribution in [0.5, 0.6) is 5.75 Å². The summed E-state index contributed by atoms with van der Waals surface area (Å²) in [6.07, 6.45) is -4.45. The van der Waals surface area contributed by atoms with Crippen LogP contribution in [0.25, 0.3) is 0 Å². The molecule has 0 radical (unpaired) electrons. The van der Waals surface area contributed by atoms with Crippen molar-refractivity contribution in [1.29, 1.82) is 0 Å². The van der Waals surface area contributed by atoms with Gasteiger partial charge in [-0.15, -0.1) is 0 Å². The van der Waals surface area contributed by atoms with Gasteiger partial charge in [0.05, 0.1) is 5.56 Å². The lowest BCUT2D eigenvalue weighted by Crippen LogP contribution is -2.21. The van der Waals surface area contributed by atoms with Gasteiger partial charge in [-0.05, 0) is 37.3 Å². The lowest BCUT2D eigenvalue weighted by atomic mass is 10.2. The van der Waals surface area contributed by atoms with Crippen LogP contribution in [0.1, 0.15) is 11.3 Å². The van der Waals surface area contributed by atoms with E-state index in [0.717, 1.165) is 17.8 Å². The molecule has 0 aliphatic rings. The van der Waals surface area contributed by atoms with Gasteiger partial charge in [0.2, 0.25) is 0 Å². The number of rotatable bonds is 4. The molecule has 0 saturated carbocycles. The van der Waals surface area contributed by atoms with Gasteiger partial charge in [0.1, 0.15) is 11.6 Å². The van der Waals surface area contributed by atoms with E-state index in [4.69, 9.17) is 4.74 Å². The molecule has 1 aromatic carbocycles. The summed E-state index contributed by atoms with van der Waals surface area (Å²) in [4.78, 5) is 15.8. The molecule has 4 nitrogen and oxygen atoms in total. The Kier molecular flexibility index (Phi) is 4.65. The summed E-state index contributed by atoms with van der Waals surface area (Å²) < 4.78 is 42.7. The van der Waals surface area contributed by atoms with Gasteiger partial charge in [0.25, 0.3) is 5.91 Å². The number of halogens is 3. The molecule has 1 N–H and O–H groups in total. The van der Waals surface area contributed by atoms with E-state index in [-0.39, 0.29) is 5.75 Å². The van der Waals surface area contributed by atoms with Crippen molar-refractivity contribution in [2.45, 2.75) is 13.1 Å². The number of anilines is 1. The summed E-state index contributed by atoms with van der Waals surface area (Å²) in [5.74, 6) is -0.171. The van der Waals surface area contributed by atoms with Gasteiger partial charge >= 0.3 is 6.18 Å². The summed E-state index contributed by atoms with van der Waals surface area (Å²) in [5, 5.41) is 2.50. The van der Waals surface area contributed by atoms with Crippen molar-refractivity contribution in [3.8, 4) is 5.75 Å². The normalized spacial score (nSPS) is 11.1. The summed E-state index contributed by atoms with van der Waals surface area (Å²) in [7, 11) is 0. The Morgan fingerprint density at radius 3 is 2.64 bits per heavy atom. The lowest BCUT2D eigenvalue weighted by Gasteiger charge is -2.10. The minimum absolute atomic E-state index is 0.0258. The average Bonchev–Trinajstić information content (AvgIpc) is 2.45. The second-order valence-corrected chi connectivity index (χ2v) is 4.53. The largest absolute Gasteiger partial charge is 0.484 e. The molecule has 0 spiro atoms. The van der Waals surface area contributed by atoms with Gasteiger partial charge < -0.3 is 10.1 Å². The molecule has 22 heavy (non-hydrogen) atoms. The molecule has 0 aliphatic carbocycles. The molecule has 0 fully saturated rings. The van der Waals surface area contributed by atoms with Crippen molar-refractivity contribution < 1.29 is 22.7 Å². The maximum atomic E-state index is 12.5. The van der Waals surface area contributed by atoms with Crippen molar-refractivity contribution in [1.82, 2.24) is 4.98 Å². The molecule has 0 bridgehead atoms. The molecule has 1 heterocycles. The first-order chi connectivity index (χ1) is 10.3. The number of nitrogens with zero attached hydrogens (tertiary/aromatic N) is 1. The fourth-order valence-corrected chi connectivity index (χ4v) is 1.70. The van der Waals surface area contributed by atoms with Gasteiger partial charge in [-0.1, -0.05) is 12.1 Å². The molecular weight excluding hydrogens is 297 g/mol. The maximum Gasteiger partial charge on any atom is 0.416 e. The first-order valence-electron chi connectivity index (χ1n) is 6.38. The number of nitrogens with one attached hydrogen (secondary N) is 1. The zero-order valence-electron chi connectivity index (χ0n) is 11.6. The Morgan fingerprint density at radius 1 is 1.23 bits per heavy atom. The van der Waals surface area contributed by atoms with Crippen molar-refractivity contribution in [3.63, 3.8) is 0 Å². The monoisotopic (exact) mass is 310 g/mol. The second-order valence-electron chi connectivity index (χ2n) is 4.53. The van der Waals surface area contributed by atoms with E-state index in [1.54, 1.807) is 25.1 Å². The number of carbonyl (C=O) groups is 1. The molecule has 7 heteroatoms. The highest BCUT2D eigenvalue weighted by Gasteiger charge is 2.30. The Morgan fingerprint density at radius 2 is 1.95 bits per heavy atom. The van der Waals surface area contributed by atoms with Crippen LogP contribution < -0.4 is 10.1 Å². The van der Waals surface area contributed by atoms with Crippen LogP contribution in [-0.2, 0) is 11.0 Å². The van der Waals surface area contributed by atoms with E-state index in [0.29, 0.717) is 5.82 Å². The summed E-state index contributed by atoms with van der Waals surface area (Å²) >= 11 is 0. The number of benzene rings is 1. The van der Waals surface area contributed by atoms with E-state index in [1.165, 1.54) is 12.1 Å². The first kappa shape index (κ1) is 15.8. The topological polar surface area (TPSA) is 51.2 Å². The van der Waals surface area contributed by atoms with E-state index in [9.17, 15) is 18.0 Å². The van der Waals surface area contributed by atoms with Crippen molar-refractivity contribution in [2.75, 3.05) is 11.9 Å². The Labute approximate surface area is 124 Å². The quantitative estimate of drug-likeness (QED) is 0.941. The zero-order valence-corrected chi connectivity index (χ0v) is 11.6. The Balaban J connectivity index is 1.94. The molecule has 0 saturated heterocycles. The average molecular weight is 310 g/mol. The zero-order chi connectivity index (χ0) is 16.2. The lowest BCUT2D eigenvalue weighted by molar-refractivity contribution is -0.137.